The number of hydrogen-bond donors (Lipinski definition) is 0. The molecule has 0 saturated carbocycles. The largest absolute Gasteiger partial charge is 0.374 e. The first-order chi connectivity index (χ1) is 9.97. The van der Waals surface area contributed by atoms with E-state index in [-0.39, 0.29) is 11.7 Å². The van der Waals surface area contributed by atoms with Crippen molar-refractivity contribution in [3.8, 4) is 0 Å². The van der Waals surface area contributed by atoms with Crippen LogP contribution >= 0.6 is 0 Å². The number of hydrogen-bond acceptors (Lipinski definition) is 3. The van der Waals surface area contributed by atoms with E-state index in [1.54, 1.807) is 4.90 Å². The number of halogens is 2. The third kappa shape index (κ3) is 4.22. The van der Waals surface area contributed by atoms with Crippen molar-refractivity contribution in [3.63, 3.8) is 0 Å². The van der Waals surface area contributed by atoms with Gasteiger partial charge in [-0.1, -0.05) is 0 Å². The molecule has 21 heavy (non-hydrogen) atoms. The molecule has 0 N–H and O–H groups in total. The molecule has 6 heteroatoms. The molecule has 1 heterocycles. The fraction of sp³-hybridized carbons (Fsp3) is 0.533. The Labute approximate surface area is 123 Å². The summed E-state index contributed by atoms with van der Waals surface area (Å²) in [6, 6.07) is 3.02. The molecule has 0 radical (unpaired) electrons. The second-order valence-corrected chi connectivity index (χ2v) is 5.46. The molecule has 1 fully saturated rings. The molecular formula is C15H20F2N2O2. The maximum absolute atomic E-state index is 13.7. The van der Waals surface area contributed by atoms with Crippen LogP contribution in [0.15, 0.2) is 18.2 Å². The summed E-state index contributed by atoms with van der Waals surface area (Å²) in [5.41, 5.74) is -0.0929. The Bertz CT molecular complexity index is 508. The second-order valence-electron chi connectivity index (χ2n) is 5.46. The molecular weight excluding hydrogens is 278 g/mol. The maximum atomic E-state index is 13.7. The number of carbonyl (C=O) groups excluding carboxylic acids is 1. The Morgan fingerprint density at radius 3 is 2.86 bits per heavy atom. The number of ether oxygens (including phenoxy) is 1. The smallest absolute Gasteiger partial charge is 0.256 e. The molecule has 1 aliphatic rings. The zero-order chi connectivity index (χ0) is 15.4. The Kier molecular flexibility index (Phi) is 5.25. The van der Waals surface area contributed by atoms with Gasteiger partial charge in [-0.3, -0.25) is 4.79 Å². The average Bonchev–Trinajstić information content (AvgIpc) is 2.45. The van der Waals surface area contributed by atoms with E-state index in [1.165, 1.54) is 6.07 Å². The minimum absolute atomic E-state index is 0.0476. The predicted molar refractivity (Wildman–Crippen MR) is 75.2 cm³/mol. The van der Waals surface area contributed by atoms with Gasteiger partial charge in [0.1, 0.15) is 11.6 Å². The van der Waals surface area contributed by atoms with Crippen LogP contribution in [0.5, 0.6) is 0 Å². The number of nitrogens with zero attached hydrogens (tertiary/aromatic N) is 2. The van der Waals surface area contributed by atoms with Gasteiger partial charge in [0.25, 0.3) is 5.91 Å². The number of carbonyl (C=O) groups is 1. The van der Waals surface area contributed by atoms with Crippen LogP contribution in [0, 0.1) is 11.6 Å². The fourth-order valence-corrected chi connectivity index (χ4v) is 2.31. The molecule has 0 bridgehead atoms. The van der Waals surface area contributed by atoms with Crippen molar-refractivity contribution in [2.24, 2.45) is 0 Å². The van der Waals surface area contributed by atoms with Crippen molar-refractivity contribution in [2.45, 2.75) is 12.5 Å². The molecule has 0 unspecified atom stereocenters. The van der Waals surface area contributed by atoms with Crippen molar-refractivity contribution in [1.82, 2.24) is 9.80 Å². The Balaban J connectivity index is 2.01. The zero-order valence-electron chi connectivity index (χ0n) is 12.3. The van der Waals surface area contributed by atoms with Gasteiger partial charge < -0.3 is 14.5 Å². The minimum atomic E-state index is -0.823. The molecule has 1 saturated heterocycles. The highest BCUT2D eigenvalue weighted by Crippen LogP contribution is 2.16. The summed E-state index contributed by atoms with van der Waals surface area (Å²) in [7, 11) is 3.94. The summed E-state index contributed by atoms with van der Waals surface area (Å²) in [4.78, 5) is 15.9. The Morgan fingerprint density at radius 2 is 2.19 bits per heavy atom. The van der Waals surface area contributed by atoms with E-state index < -0.39 is 17.5 Å². The molecule has 0 aromatic heterocycles. The van der Waals surface area contributed by atoms with Gasteiger partial charge in [-0.05, 0) is 32.6 Å². The topological polar surface area (TPSA) is 32.8 Å². The molecule has 1 amide bonds. The number of benzene rings is 1. The van der Waals surface area contributed by atoms with Gasteiger partial charge in [0, 0.05) is 25.7 Å². The van der Waals surface area contributed by atoms with E-state index in [9.17, 15) is 13.6 Å². The third-order valence-electron chi connectivity index (χ3n) is 3.49. The first kappa shape index (κ1) is 15.9. The summed E-state index contributed by atoms with van der Waals surface area (Å²) in [5, 5.41) is 0. The molecule has 2 rings (SSSR count). The van der Waals surface area contributed by atoms with Gasteiger partial charge in [0.15, 0.2) is 0 Å². The van der Waals surface area contributed by atoms with Crippen molar-refractivity contribution >= 4 is 5.91 Å². The quantitative estimate of drug-likeness (QED) is 0.849. The lowest BCUT2D eigenvalue weighted by Crippen LogP contribution is -2.46. The molecule has 1 aliphatic heterocycles. The van der Waals surface area contributed by atoms with Crippen molar-refractivity contribution in [1.29, 1.82) is 0 Å². The van der Waals surface area contributed by atoms with Crippen molar-refractivity contribution in [3.05, 3.63) is 35.4 Å². The molecule has 1 aromatic carbocycles. The van der Waals surface area contributed by atoms with E-state index in [0.29, 0.717) is 19.7 Å². The van der Waals surface area contributed by atoms with Gasteiger partial charge in [-0.25, -0.2) is 8.78 Å². The van der Waals surface area contributed by atoms with Crippen LogP contribution in [-0.4, -0.2) is 62.1 Å². The molecule has 1 atom stereocenters. The van der Waals surface area contributed by atoms with Crippen LogP contribution in [-0.2, 0) is 4.74 Å². The van der Waals surface area contributed by atoms with Crippen LogP contribution in [0.2, 0.25) is 0 Å². The highest BCUT2D eigenvalue weighted by atomic mass is 19.1. The van der Waals surface area contributed by atoms with Crippen molar-refractivity contribution < 1.29 is 18.3 Å². The maximum Gasteiger partial charge on any atom is 0.256 e. The monoisotopic (exact) mass is 298 g/mol. The van der Waals surface area contributed by atoms with Crippen LogP contribution in [0.3, 0.4) is 0 Å². The van der Waals surface area contributed by atoms with Gasteiger partial charge in [0.05, 0.1) is 18.3 Å². The lowest BCUT2D eigenvalue weighted by molar-refractivity contribution is -0.0271. The number of morpholine rings is 1. The van der Waals surface area contributed by atoms with Crippen LogP contribution in [0.4, 0.5) is 8.78 Å². The first-order valence-corrected chi connectivity index (χ1v) is 6.98. The van der Waals surface area contributed by atoms with Crippen molar-refractivity contribution in [2.75, 3.05) is 40.3 Å². The molecule has 0 aliphatic carbocycles. The van der Waals surface area contributed by atoms with Gasteiger partial charge >= 0.3 is 0 Å². The second kappa shape index (κ2) is 6.95. The van der Waals surface area contributed by atoms with E-state index in [2.05, 4.69) is 0 Å². The number of rotatable bonds is 4. The lowest BCUT2D eigenvalue weighted by Gasteiger charge is -2.33. The molecule has 0 spiro atoms. The first-order valence-electron chi connectivity index (χ1n) is 6.98. The normalized spacial score (nSPS) is 19.1. The lowest BCUT2D eigenvalue weighted by atomic mass is 10.1. The highest BCUT2D eigenvalue weighted by Gasteiger charge is 2.26. The summed E-state index contributed by atoms with van der Waals surface area (Å²) < 4.78 is 32.2. The molecule has 1 aromatic rings. The van der Waals surface area contributed by atoms with E-state index in [0.717, 1.165) is 25.1 Å². The number of amides is 1. The van der Waals surface area contributed by atoms with Gasteiger partial charge in [-0.15, -0.1) is 0 Å². The minimum Gasteiger partial charge on any atom is -0.374 e. The summed E-state index contributed by atoms with van der Waals surface area (Å²) >= 11 is 0. The molecule has 4 nitrogen and oxygen atoms in total. The van der Waals surface area contributed by atoms with Gasteiger partial charge in [0.2, 0.25) is 0 Å². The fourth-order valence-electron chi connectivity index (χ4n) is 2.31. The SMILES string of the molecule is CN(C)CC[C@H]1CN(C(=O)c2ccc(F)cc2F)CCO1. The zero-order valence-corrected chi connectivity index (χ0v) is 12.3. The highest BCUT2D eigenvalue weighted by molar-refractivity contribution is 5.94. The van der Waals surface area contributed by atoms with Gasteiger partial charge in [-0.2, -0.15) is 0 Å². The van der Waals surface area contributed by atoms with Crippen LogP contribution < -0.4 is 0 Å². The summed E-state index contributed by atoms with van der Waals surface area (Å²) in [6.45, 7) is 2.15. The van der Waals surface area contributed by atoms with Crippen LogP contribution in [0.25, 0.3) is 0 Å². The standard InChI is InChI=1S/C15H20F2N2O2/c1-18(2)6-5-12-10-19(7-8-21-12)15(20)13-4-3-11(16)9-14(13)17/h3-4,9,12H,5-8,10H2,1-2H3/t12-/m0/s1. The average molecular weight is 298 g/mol. The summed E-state index contributed by atoms with van der Waals surface area (Å²) in [6.07, 6.45) is 0.761. The molecule has 116 valence electrons. The van der Waals surface area contributed by atoms with E-state index in [4.69, 9.17) is 4.74 Å². The van der Waals surface area contributed by atoms with E-state index >= 15 is 0 Å². The summed E-state index contributed by atoms with van der Waals surface area (Å²) in [5.74, 6) is -1.92. The Hall–Kier alpha value is -1.53. The predicted octanol–water partition coefficient (Wildman–Crippen LogP) is 1.76. The van der Waals surface area contributed by atoms with E-state index in [1.807, 2.05) is 19.0 Å². The Morgan fingerprint density at radius 1 is 1.43 bits per heavy atom. The third-order valence-corrected chi connectivity index (χ3v) is 3.49. The van der Waals surface area contributed by atoms with Crippen LogP contribution in [0.1, 0.15) is 16.8 Å².